The molecule has 5 nitrogen and oxygen atoms in total. The number of hydrogen-bond acceptors (Lipinski definition) is 3. The summed E-state index contributed by atoms with van der Waals surface area (Å²) < 4.78 is 44.0. The van der Waals surface area contributed by atoms with Gasteiger partial charge in [0.25, 0.3) is 0 Å². The fourth-order valence-electron chi connectivity index (χ4n) is 2.11. The van der Waals surface area contributed by atoms with Crippen molar-refractivity contribution in [2.45, 2.75) is 12.6 Å². The number of carbonyl (C=O) groups is 2. The lowest BCUT2D eigenvalue weighted by Crippen LogP contribution is -2.23. The van der Waals surface area contributed by atoms with Crippen LogP contribution in [0.5, 0.6) is 5.75 Å². The number of halogens is 4. The molecule has 2 amide bonds. The topological polar surface area (TPSA) is 67.4 Å². The minimum Gasteiger partial charge on any atom is -0.497 e. The standard InChI is InChI=1S/C17H14ClF3N2O3/c1-26-12-4-2-3-11(8-12)22-15(24)9-16(25)23-14-6-5-10(18)7-13(14)17(19,20)21/h2-8H,9H2,1H3,(H,22,24)(H,23,25). The molecule has 0 aliphatic carbocycles. The SMILES string of the molecule is COc1cccc(NC(=O)CC(=O)Nc2ccc(Cl)cc2C(F)(F)F)c1. The quantitative estimate of drug-likeness (QED) is 0.751. The van der Waals surface area contributed by atoms with E-state index in [2.05, 4.69) is 10.6 Å². The van der Waals surface area contributed by atoms with Crippen LogP contribution in [0.2, 0.25) is 5.02 Å². The Morgan fingerprint density at radius 3 is 2.42 bits per heavy atom. The summed E-state index contributed by atoms with van der Waals surface area (Å²) in [6, 6.07) is 9.37. The van der Waals surface area contributed by atoms with Gasteiger partial charge < -0.3 is 15.4 Å². The Morgan fingerprint density at radius 1 is 1.08 bits per heavy atom. The zero-order valence-corrected chi connectivity index (χ0v) is 14.2. The first-order valence-electron chi connectivity index (χ1n) is 7.29. The van der Waals surface area contributed by atoms with E-state index in [1.807, 2.05) is 0 Å². The predicted molar refractivity (Wildman–Crippen MR) is 91.3 cm³/mol. The van der Waals surface area contributed by atoms with Crippen LogP contribution in [0.15, 0.2) is 42.5 Å². The van der Waals surface area contributed by atoms with Crippen molar-refractivity contribution < 1.29 is 27.5 Å². The van der Waals surface area contributed by atoms with E-state index >= 15 is 0 Å². The zero-order chi connectivity index (χ0) is 19.3. The lowest BCUT2D eigenvalue weighted by Gasteiger charge is -2.14. The third kappa shape index (κ3) is 5.38. The molecule has 0 atom stereocenters. The van der Waals surface area contributed by atoms with Gasteiger partial charge in [-0.05, 0) is 30.3 Å². The Bertz CT molecular complexity index is 825. The van der Waals surface area contributed by atoms with Gasteiger partial charge in [-0.1, -0.05) is 17.7 Å². The molecule has 0 saturated heterocycles. The smallest absolute Gasteiger partial charge is 0.418 e. The summed E-state index contributed by atoms with van der Waals surface area (Å²) in [6.07, 6.45) is -5.35. The van der Waals surface area contributed by atoms with Gasteiger partial charge in [0.1, 0.15) is 12.2 Å². The van der Waals surface area contributed by atoms with E-state index in [9.17, 15) is 22.8 Å². The van der Waals surface area contributed by atoms with Crippen molar-refractivity contribution in [2.75, 3.05) is 17.7 Å². The molecule has 26 heavy (non-hydrogen) atoms. The average molecular weight is 387 g/mol. The Balaban J connectivity index is 2.03. The van der Waals surface area contributed by atoms with Crippen molar-refractivity contribution >= 4 is 34.8 Å². The Hall–Kier alpha value is -2.74. The molecule has 0 spiro atoms. The predicted octanol–water partition coefficient (Wildman–Crippen LogP) is 4.33. The molecule has 2 N–H and O–H groups in total. The van der Waals surface area contributed by atoms with Crippen molar-refractivity contribution in [1.29, 1.82) is 0 Å². The van der Waals surface area contributed by atoms with Crippen LogP contribution in [0, 0.1) is 0 Å². The molecule has 0 heterocycles. The summed E-state index contributed by atoms with van der Waals surface area (Å²) in [6.45, 7) is 0. The minimum atomic E-state index is -4.70. The van der Waals surface area contributed by atoms with E-state index in [4.69, 9.17) is 16.3 Å². The first-order chi connectivity index (χ1) is 12.2. The van der Waals surface area contributed by atoms with Crippen LogP contribution >= 0.6 is 11.6 Å². The number of anilines is 2. The number of nitrogens with one attached hydrogen (secondary N) is 2. The molecule has 2 rings (SSSR count). The highest BCUT2D eigenvalue weighted by atomic mass is 35.5. The van der Waals surface area contributed by atoms with Crippen molar-refractivity contribution in [3.63, 3.8) is 0 Å². The van der Waals surface area contributed by atoms with Gasteiger partial charge >= 0.3 is 6.18 Å². The Morgan fingerprint density at radius 2 is 1.77 bits per heavy atom. The van der Waals surface area contributed by atoms with Gasteiger partial charge in [0.2, 0.25) is 11.8 Å². The molecule has 0 aromatic heterocycles. The van der Waals surface area contributed by atoms with Crippen molar-refractivity contribution in [3.8, 4) is 5.75 Å². The van der Waals surface area contributed by atoms with Crippen molar-refractivity contribution in [3.05, 3.63) is 53.1 Å². The van der Waals surface area contributed by atoms with Crippen LogP contribution in [0.3, 0.4) is 0 Å². The third-order valence-corrected chi connectivity index (χ3v) is 3.47. The Kier molecular flexibility index (Phi) is 6.10. The number of alkyl halides is 3. The molecule has 138 valence electrons. The fourth-order valence-corrected chi connectivity index (χ4v) is 2.28. The van der Waals surface area contributed by atoms with Gasteiger partial charge in [-0.15, -0.1) is 0 Å². The molecule has 0 radical (unpaired) electrons. The Labute approximate surface area is 152 Å². The number of ether oxygens (including phenoxy) is 1. The zero-order valence-electron chi connectivity index (χ0n) is 13.5. The lowest BCUT2D eigenvalue weighted by atomic mass is 10.1. The van der Waals surface area contributed by atoms with E-state index in [-0.39, 0.29) is 5.02 Å². The highest BCUT2D eigenvalue weighted by molar-refractivity contribution is 6.30. The summed E-state index contributed by atoms with van der Waals surface area (Å²) in [5, 5.41) is 4.43. The van der Waals surface area contributed by atoms with Crippen LogP contribution < -0.4 is 15.4 Å². The second kappa shape index (κ2) is 8.09. The molecule has 0 bridgehead atoms. The minimum absolute atomic E-state index is 0.119. The number of methoxy groups -OCH3 is 1. The van der Waals surface area contributed by atoms with Gasteiger partial charge in [-0.25, -0.2) is 0 Å². The lowest BCUT2D eigenvalue weighted by molar-refractivity contribution is -0.137. The van der Waals surface area contributed by atoms with Gasteiger partial charge in [0, 0.05) is 16.8 Å². The first-order valence-corrected chi connectivity index (χ1v) is 7.67. The monoisotopic (exact) mass is 386 g/mol. The van der Waals surface area contributed by atoms with Gasteiger partial charge in [-0.3, -0.25) is 9.59 Å². The summed E-state index contributed by atoms with van der Waals surface area (Å²) in [7, 11) is 1.46. The van der Waals surface area contributed by atoms with Crippen molar-refractivity contribution in [2.24, 2.45) is 0 Å². The number of amides is 2. The van der Waals surface area contributed by atoms with E-state index in [0.29, 0.717) is 17.5 Å². The van der Waals surface area contributed by atoms with Crippen LogP contribution in [-0.4, -0.2) is 18.9 Å². The normalized spacial score (nSPS) is 11.0. The maximum atomic E-state index is 13.0. The van der Waals surface area contributed by atoms with Crippen LogP contribution in [-0.2, 0) is 15.8 Å². The largest absolute Gasteiger partial charge is 0.497 e. The number of hydrogen-bond donors (Lipinski definition) is 2. The maximum absolute atomic E-state index is 13.0. The summed E-state index contributed by atoms with van der Waals surface area (Å²) in [5.41, 5.74) is -1.17. The maximum Gasteiger partial charge on any atom is 0.418 e. The van der Waals surface area contributed by atoms with E-state index in [0.717, 1.165) is 6.07 Å². The second-order valence-corrected chi connectivity index (χ2v) is 5.63. The number of rotatable bonds is 5. The van der Waals surface area contributed by atoms with Gasteiger partial charge in [0.05, 0.1) is 18.4 Å². The van der Waals surface area contributed by atoms with E-state index in [1.54, 1.807) is 18.2 Å². The summed E-state index contributed by atoms with van der Waals surface area (Å²) in [5.74, 6) is -1.07. The molecule has 0 aliphatic rings. The molecule has 0 aliphatic heterocycles. The van der Waals surface area contributed by atoms with Crippen LogP contribution in [0.1, 0.15) is 12.0 Å². The average Bonchev–Trinajstić information content (AvgIpc) is 2.55. The van der Waals surface area contributed by atoms with Crippen LogP contribution in [0.4, 0.5) is 24.5 Å². The highest BCUT2D eigenvalue weighted by Gasteiger charge is 2.34. The first kappa shape index (κ1) is 19.6. The molecular formula is C17H14ClF3N2O3. The third-order valence-electron chi connectivity index (χ3n) is 3.24. The summed E-state index contributed by atoms with van der Waals surface area (Å²) >= 11 is 5.57. The number of benzene rings is 2. The van der Waals surface area contributed by atoms with Crippen LogP contribution in [0.25, 0.3) is 0 Å². The summed E-state index contributed by atoms with van der Waals surface area (Å²) in [4.78, 5) is 23.8. The molecule has 2 aromatic carbocycles. The van der Waals surface area contributed by atoms with E-state index in [1.165, 1.54) is 19.2 Å². The molecule has 2 aromatic rings. The van der Waals surface area contributed by atoms with E-state index < -0.39 is 35.7 Å². The fraction of sp³-hybridized carbons (Fsp3) is 0.176. The van der Waals surface area contributed by atoms with Crippen molar-refractivity contribution in [1.82, 2.24) is 0 Å². The second-order valence-electron chi connectivity index (χ2n) is 5.19. The molecule has 0 saturated carbocycles. The molecular weight excluding hydrogens is 373 g/mol. The van der Waals surface area contributed by atoms with Gasteiger partial charge in [-0.2, -0.15) is 13.2 Å². The molecule has 9 heteroatoms. The highest BCUT2D eigenvalue weighted by Crippen LogP contribution is 2.36. The molecule has 0 unspecified atom stereocenters. The van der Waals surface area contributed by atoms with Gasteiger partial charge in [0.15, 0.2) is 0 Å². The number of carbonyl (C=O) groups excluding carboxylic acids is 2. The molecule has 0 fully saturated rings.